The summed E-state index contributed by atoms with van der Waals surface area (Å²) in [5.74, 6) is 1.98. The molecule has 3 rings (SSSR count). The Morgan fingerprint density at radius 2 is 2.10 bits per heavy atom. The second-order valence-corrected chi connectivity index (χ2v) is 6.83. The Hall–Kier alpha value is -1.89. The molecule has 1 saturated carbocycles. The summed E-state index contributed by atoms with van der Waals surface area (Å²) in [6.07, 6.45) is 7.75. The normalized spacial score (nSPS) is 16.6. The van der Waals surface area contributed by atoms with E-state index in [2.05, 4.69) is 10.1 Å². The fourth-order valence-electron chi connectivity index (χ4n) is 1.92. The third-order valence-electron chi connectivity index (χ3n) is 3.29. The van der Waals surface area contributed by atoms with Crippen molar-refractivity contribution in [3.63, 3.8) is 0 Å². The summed E-state index contributed by atoms with van der Waals surface area (Å²) < 4.78 is 32.9. The van der Waals surface area contributed by atoms with E-state index in [1.165, 1.54) is 12.5 Å². The fourth-order valence-corrected chi connectivity index (χ4v) is 2.49. The van der Waals surface area contributed by atoms with Crippen molar-refractivity contribution >= 4 is 22.0 Å². The van der Waals surface area contributed by atoms with Gasteiger partial charge in [0.25, 0.3) is 5.89 Å². The molecule has 1 aliphatic rings. The van der Waals surface area contributed by atoms with Crippen LogP contribution in [0.1, 0.15) is 42.7 Å². The number of rotatable bonds is 4. The molecule has 0 aromatic carbocycles. The van der Waals surface area contributed by atoms with E-state index in [4.69, 9.17) is 8.94 Å². The van der Waals surface area contributed by atoms with Crippen molar-refractivity contribution < 1.29 is 17.4 Å². The first kappa shape index (κ1) is 13.1. The molecule has 1 aliphatic carbocycles. The Kier molecular flexibility index (Phi) is 3.21. The second-order valence-electron chi connectivity index (χ2n) is 4.88. The second kappa shape index (κ2) is 4.90. The maximum atomic E-state index is 11.3. The Morgan fingerprint density at radius 1 is 1.30 bits per heavy atom. The van der Waals surface area contributed by atoms with Crippen molar-refractivity contribution in [2.75, 3.05) is 6.26 Å². The topological polar surface area (TPSA) is 86.2 Å². The summed E-state index contributed by atoms with van der Waals surface area (Å²) in [6, 6.07) is 3.00. The van der Waals surface area contributed by atoms with Gasteiger partial charge in [-0.05, 0) is 31.1 Å². The van der Waals surface area contributed by atoms with Crippen LogP contribution in [0.15, 0.2) is 26.2 Å². The molecule has 20 heavy (non-hydrogen) atoms. The first-order valence-corrected chi connectivity index (χ1v) is 8.23. The molecule has 7 heteroatoms. The lowest BCUT2D eigenvalue weighted by molar-refractivity contribution is 0.360. The average Bonchev–Trinajstić information content (AvgIpc) is 2.91. The van der Waals surface area contributed by atoms with Crippen LogP contribution in [0.4, 0.5) is 0 Å². The fraction of sp³-hybridized carbons (Fsp3) is 0.385. The van der Waals surface area contributed by atoms with Gasteiger partial charge in [-0.15, -0.1) is 0 Å². The lowest BCUT2D eigenvalue weighted by atomic mass is 9.85. The van der Waals surface area contributed by atoms with Crippen LogP contribution in [0, 0.1) is 0 Å². The molecule has 0 spiro atoms. The smallest absolute Gasteiger partial charge is 0.250 e. The highest BCUT2D eigenvalue weighted by Crippen LogP contribution is 2.34. The van der Waals surface area contributed by atoms with Crippen LogP contribution >= 0.6 is 0 Å². The predicted molar refractivity (Wildman–Crippen MR) is 71.6 cm³/mol. The van der Waals surface area contributed by atoms with Gasteiger partial charge in [-0.1, -0.05) is 11.6 Å². The lowest BCUT2D eigenvalue weighted by Crippen LogP contribution is -2.10. The minimum Gasteiger partial charge on any atom is -0.445 e. The van der Waals surface area contributed by atoms with Crippen LogP contribution in [0.2, 0.25) is 0 Å². The molecule has 2 aromatic rings. The highest BCUT2D eigenvalue weighted by Gasteiger charge is 2.24. The van der Waals surface area contributed by atoms with Crippen LogP contribution in [-0.4, -0.2) is 24.8 Å². The van der Waals surface area contributed by atoms with Gasteiger partial charge in [0, 0.05) is 18.2 Å². The number of furan rings is 1. The van der Waals surface area contributed by atoms with Crippen molar-refractivity contribution in [2.45, 2.75) is 30.3 Å². The number of hydrogen-bond acceptors (Lipinski definition) is 6. The highest BCUT2D eigenvalue weighted by atomic mass is 32.2. The highest BCUT2D eigenvalue weighted by molar-refractivity contribution is 7.90. The Morgan fingerprint density at radius 3 is 2.70 bits per heavy atom. The van der Waals surface area contributed by atoms with E-state index in [-0.39, 0.29) is 5.09 Å². The van der Waals surface area contributed by atoms with Crippen LogP contribution in [0.3, 0.4) is 0 Å². The van der Waals surface area contributed by atoms with Gasteiger partial charge in [-0.2, -0.15) is 4.98 Å². The van der Waals surface area contributed by atoms with Gasteiger partial charge in [0.15, 0.2) is 5.82 Å². The Bertz CT molecular complexity index is 738. The monoisotopic (exact) mass is 294 g/mol. The predicted octanol–water partition coefficient (Wildman–Crippen LogP) is 2.50. The van der Waals surface area contributed by atoms with Crippen LogP contribution < -0.4 is 0 Å². The molecule has 0 N–H and O–H groups in total. The summed E-state index contributed by atoms with van der Waals surface area (Å²) in [5.41, 5.74) is 0. The van der Waals surface area contributed by atoms with Crippen molar-refractivity contribution in [2.24, 2.45) is 0 Å². The number of nitrogens with zero attached hydrogens (tertiary/aromatic N) is 2. The Labute approximate surface area is 116 Å². The molecule has 0 unspecified atom stereocenters. The van der Waals surface area contributed by atoms with Gasteiger partial charge < -0.3 is 8.94 Å². The number of hydrogen-bond donors (Lipinski definition) is 0. The molecule has 2 aromatic heterocycles. The molecular weight excluding hydrogens is 280 g/mol. The molecule has 6 nitrogen and oxygen atoms in total. The molecule has 0 amide bonds. The average molecular weight is 294 g/mol. The van der Waals surface area contributed by atoms with Crippen LogP contribution in [-0.2, 0) is 9.84 Å². The maximum absolute atomic E-state index is 11.3. The minimum atomic E-state index is -3.32. The zero-order valence-corrected chi connectivity index (χ0v) is 11.8. The standard InChI is InChI=1S/C13H14N2O4S/c1-20(16,17)12-8-6-10(18-12)5-7-11-14-13(15-19-11)9-3-2-4-9/h5-9H,2-4H2,1H3/b7-5+. The number of sulfone groups is 1. The maximum Gasteiger partial charge on any atom is 0.250 e. The van der Waals surface area contributed by atoms with E-state index >= 15 is 0 Å². The van der Waals surface area contributed by atoms with Crippen molar-refractivity contribution in [3.05, 3.63) is 29.6 Å². The van der Waals surface area contributed by atoms with Gasteiger partial charge in [-0.3, -0.25) is 0 Å². The van der Waals surface area contributed by atoms with E-state index in [0.717, 1.165) is 24.9 Å². The summed E-state index contributed by atoms with van der Waals surface area (Å²) in [6.45, 7) is 0. The van der Waals surface area contributed by atoms with Crippen molar-refractivity contribution in [1.29, 1.82) is 0 Å². The quantitative estimate of drug-likeness (QED) is 0.861. The lowest BCUT2D eigenvalue weighted by Gasteiger charge is -2.20. The first-order valence-electron chi connectivity index (χ1n) is 6.34. The molecule has 1 fully saturated rings. The number of aromatic nitrogens is 2. The SMILES string of the molecule is CS(=O)(=O)c1ccc(/C=C/c2nc(C3CCC3)no2)o1. The molecule has 0 bridgehead atoms. The third-order valence-corrected chi connectivity index (χ3v) is 4.24. The van der Waals surface area contributed by atoms with E-state index in [0.29, 0.717) is 17.6 Å². The van der Waals surface area contributed by atoms with Gasteiger partial charge in [0.05, 0.1) is 0 Å². The molecule has 0 aliphatic heterocycles. The summed E-state index contributed by atoms with van der Waals surface area (Å²) in [7, 11) is -3.32. The van der Waals surface area contributed by atoms with E-state index < -0.39 is 9.84 Å². The van der Waals surface area contributed by atoms with Gasteiger partial charge in [-0.25, -0.2) is 8.42 Å². The van der Waals surface area contributed by atoms with E-state index in [1.807, 2.05) is 0 Å². The van der Waals surface area contributed by atoms with E-state index in [1.54, 1.807) is 18.2 Å². The summed E-state index contributed by atoms with van der Waals surface area (Å²) in [5, 5.41) is 3.87. The molecule has 0 atom stereocenters. The van der Waals surface area contributed by atoms with Gasteiger partial charge in [0.1, 0.15) is 5.76 Å². The minimum absolute atomic E-state index is 0.0576. The van der Waals surface area contributed by atoms with Crippen LogP contribution in [0.5, 0.6) is 0 Å². The first-order chi connectivity index (χ1) is 9.52. The molecule has 106 valence electrons. The zero-order chi connectivity index (χ0) is 14.2. The summed E-state index contributed by atoms with van der Waals surface area (Å²) in [4.78, 5) is 4.28. The molecule has 0 saturated heterocycles. The van der Waals surface area contributed by atoms with E-state index in [9.17, 15) is 8.42 Å². The third kappa shape index (κ3) is 2.67. The molecular formula is C13H14N2O4S. The Balaban J connectivity index is 1.73. The van der Waals surface area contributed by atoms with Gasteiger partial charge >= 0.3 is 0 Å². The zero-order valence-electron chi connectivity index (χ0n) is 10.9. The summed E-state index contributed by atoms with van der Waals surface area (Å²) >= 11 is 0. The van der Waals surface area contributed by atoms with Gasteiger partial charge in [0.2, 0.25) is 14.9 Å². The largest absolute Gasteiger partial charge is 0.445 e. The molecule has 2 heterocycles. The van der Waals surface area contributed by atoms with Crippen molar-refractivity contribution in [3.8, 4) is 0 Å². The molecule has 0 radical (unpaired) electrons. The van der Waals surface area contributed by atoms with Crippen LogP contribution in [0.25, 0.3) is 12.2 Å². The van der Waals surface area contributed by atoms with Crippen molar-refractivity contribution in [1.82, 2.24) is 10.1 Å².